The van der Waals surface area contributed by atoms with E-state index in [1.807, 2.05) is 35.6 Å². The summed E-state index contributed by atoms with van der Waals surface area (Å²) in [6.45, 7) is 6.46. The van der Waals surface area contributed by atoms with Crippen LogP contribution in [-0.4, -0.2) is 18.1 Å². The predicted molar refractivity (Wildman–Crippen MR) is 105 cm³/mol. The average Bonchev–Trinajstić information content (AvgIpc) is 3.14. The fraction of sp³-hybridized carbons (Fsp3) is 0.190. The standard InChI is InChI=1S/C21H19NO2S/c1-11-13(3)25-20-12(2)14(9-10-15(11)20)18-16-7-5-6-8-17(16)22-19(18)21(23)24-4/h5-10,22H,1-4H3. The van der Waals surface area contributed by atoms with Crippen molar-refractivity contribution >= 4 is 38.3 Å². The lowest BCUT2D eigenvalue weighted by Crippen LogP contribution is -2.03. The molecule has 0 aliphatic carbocycles. The highest BCUT2D eigenvalue weighted by molar-refractivity contribution is 7.19. The normalized spacial score (nSPS) is 11.4. The Balaban J connectivity index is 2.09. The smallest absolute Gasteiger partial charge is 0.355 e. The molecule has 25 heavy (non-hydrogen) atoms. The van der Waals surface area contributed by atoms with Gasteiger partial charge in [0.05, 0.1) is 7.11 Å². The van der Waals surface area contributed by atoms with Crippen molar-refractivity contribution in [2.75, 3.05) is 7.11 Å². The molecule has 0 radical (unpaired) electrons. The molecule has 2 aromatic carbocycles. The Hall–Kier alpha value is -2.59. The number of benzene rings is 2. The van der Waals surface area contributed by atoms with Crippen molar-refractivity contribution in [3.05, 3.63) is 58.1 Å². The summed E-state index contributed by atoms with van der Waals surface area (Å²) >= 11 is 1.82. The molecule has 4 aromatic rings. The Labute approximate surface area is 150 Å². The Morgan fingerprint density at radius 3 is 2.52 bits per heavy atom. The number of hydrogen-bond donors (Lipinski definition) is 1. The van der Waals surface area contributed by atoms with Gasteiger partial charge >= 0.3 is 5.97 Å². The first-order valence-corrected chi connectivity index (χ1v) is 9.03. The van der Waals surface area contributed by atoms with Gasteiger partial charge in [-0.3, -0.25) is 0 Å². The van der Waals surface area contributed by atoms with E-state index in [-0.39, 0.29) is 5.97 Å². The summed E-state index contributed by atoms with van der Waals surface area (Å²) in [4.78, 5) is 16.9. The number of nitrogens with one attached hydrogen (secondary N) is 1. The van der Waals surface area contributed by atoms with E-state index in [2.05, 4.69) is 37.9 Å². The van der Waals surface area contributed by atoms with E-state index in [9.17, 15) is 4.79 Å². The topological polar surface area (TPSA) is 42.1 Å². The van der Waals surface area contributed by atoms with Gasteiger partial charge in [-0.15, -0.1) is 11.3 Å². The van der Waals surface area contributed by atoms with Crippen LogP contribution < -0.4 is 0 Å². The molecule has 0 fully saturated rings. The maximum absolute atomic E-state index is 12.4. The molecule has 126 valence electrons. The Bertz CT molecular complexity index is 1130. The molecular formula is C21H19NO2S. The lowest BCUT2D eigenvalue weighted by molar-refractivity contribution is 0.0596. The zero-order valence-electron chi connectivity index (χ0n) is 14.7. The number of carbonyl (C=O) groups excluding carboxylic acids is 1. The lowest BCUT2D eigenvalue weighted by Gasteiger charge is -2.09. The number of aromatic nitrogens is 1. The van der Waals surface area contributed by atoms with Crippen molar-refractivity contribution in [2.24, 2.45) is 0 Å². The second-order valence-electron chi connectivity index (χ2n) is 6.31. The van der Waals surface area contributed by atoms with E-state index < -0.39 is 0 Å². The van der Waals surface area contributed by atoms with Gasteiger partial charge in [0.25, 0.3) is 0 Å². The first kappa shape index (κ1) is 15.9. The summed E-state index contributed by atoms with van der Waals surface area (Å²) in [5, 5.41) is 2.33. The maximum atomic E-state index is 12.4. The van der Waals surface area contributed by atoms with Gasteiger partial charge in [-0.1, -0.05) is 30.3 Å². The molecule has 0 saturated carbocycles. The number of esters is 1. The molecule has 0 saturated heterocycles. The van der Waals surface area contributed by atoms with Crippen LogP contribution in [0.3, 0.4) is 0 Å². The number of hydrogen-bond acceptors (Lipinski definition) is 3. The van der Waals surface area contributed by atoms with Crippen LogP contribution in [0.4, 0.5) is 0 Å². The second kappa shape index (κ2) is 5.74. The first-order chi connectivity index (χ1) is 12.0. The first-order valence-electron chi connectivity index (χ1n) is 8.21. The minimum absolute atomic E-state index is 0.343. The van der Waals surface area contributed by atoms with Crippen molar-refractivity contribution in [3.63, 3.8) is 0 Å². The fourth-order valence-electron chi connectivity index (χ4n) is 3.49. The SMILES string of the molecule is COC(=O)c1[nH]c2ccccc2c1-c1ccc2c(C)c(C)sc2c1C. The minimum Gasteiger partial charge on any atom is -0.464 e. The van der Waals surface area contributed by atoms with Gasteiger partial charge in [-0.25, -0.2) is 4.79 Å². The maximum Gasteiger partial charge on any atom is 0.355 e. The molecule has 3 nitrogen and oxygen atoms in total. The van der Waals surface area contributed by atoms with Gasteiger partial charge < -0.3 is 9.72 Å². The molecule has 0 unspecified atom stereocenters. The number of carbonyl (C=O) groups is 1. The van der Waals surface area contributed by atoms with Gasteiger partial charge in [0.1, 0.15) is 5.69 Å². The molecular weight excluding hydrogens is 330 g/mol. The minimum atomic E-state index is -0.343. The third-order valence-electron chi connectivity index (χ3n) is 4.96. The summed E-state index contributed by atoms with van der Waals surface area (Å²) in [6, 6.07) is 12.3. The van der Waals surface area contributed by atoms with Crippen LogP contribution in [0, 0.1) is 20.8 Å². The van der Waals surface area contributed by atoms with Gasteiger partial charge in [0.2, 0.25) is 0 Å². The Morgan fingerprint density at radius 1 is 1.00 bits per heavy atom. The lowest BCUT2D eigenvalue weighted by atomic mass is 9.95. The van der Waals surface area contributed by atoms with E-state index in [4.69, 9.17) is 4.74 Å². The van der Waals surface area contributed by atoms with Crippen molar-refractivity contribution in [2.45, 2.75) is 20.8 Å². The highest BCUT2D eigenvalue weighted by atomic mass is 32.1. The quantitative estimate of drug-likeness (QED) is 0.467. The molecule has 2 aromatic heterocycles. The average molecular weight is 349 g/mol. The molecule has 0 bridgehead atoms. The monoisotopic (exact) mass is 349 g/mol. The van der Waals surface area contributed by atoms with E-state index in [1.165, 1.54) is 33.2 Å². The second-order valence-corrected chi connectivity index (χ2v) is 7.53. The number of aromatic amines is 1. The van der Waals surface area contributed by atoms with Crippen molar-refractivity contribution in [1.29, 1.82) is 0 Å². The molecule has 4 rings (SSSR count). The number of rotatable bonds is 2. The van der Waals surface area contributed by atoms with E-state index in [0.29, 0.717) is 5.69 Å². The number of fused-ring (bicyclic) bond motifs is 2. The number of aryl methyl sites for hydroxylation is 3. The summed E-state index contributed by atoms with van der Waals surface area (Å²) in [6.07, 6.45) is 0. The summed E-state index contributed by atoms with van der Waals surface area (Å²) in [7, 11) is 1.42. The third kappa shape index (κ3) is 2.29. The molecule has 4 heteroatoms. The van der Waals surface area contributed by atoms with Crippen LogP contribution in [0.25, 0.3) is 32.1 Å². The van der Waals surface area contributed by atoms with E-state index >= 15 is 0 Å². The third-order valence-corrected chi connectivity index (χ3v) is 6.30. The van der Waals surface area contributed by atoms with Crippen molar-refractivity contribution in [3.8, 4) is 11.1 Å². The summed E-state index contributed by atoms with van der Waals surface area (Å²) < 4.78 is 6.30. The highest BCUT2D eigenvalue weighted by Gasteiger charge is 2.22. The molecule has 0 aliphatic rings. The molecule has 0 atom stereocenters. The zero-order valence-corrected chi connectivity index (χ0v) is 15.5. The van der Waals surface area contributed by atoms with Crippen LogP contribution in [0.15, 0.2) is 36.4 Å². The summed E-state index contributed by atoms with van der Waals surface area (Å²) in [5.74, 6) is -0.343. The Kier molecular flexibility index (Phi) is 3.65. The van der Waals surface area contributed by atoms with Gasteiger partial charge in [-0.2, -0.15) is 0 Å². The van der Waals surface area contributed by atoms with Crippen LogP contribution in [0.2, 0.25) is 0 Å². The number of para-hydroxylation sites is 1. The van der Waals surface area contributed by atoms with Crippen LogP contribution >= 0.6 is 11.3 Å². The van der Waals surface area contributed by atoms with Crippen molar-refractivity contribution in [1.82, 2.24) is 4.98 Å². The fourth-order valence-corrected chi connectivity index (χ4v) is 4.65. The molecule has 2 heterocycles. The predicted octanol–water partition coefficient (Wildman–Crippen LogP) is 5.76. The van der Waals surface area contributed by atoms with E-state index in [0.717, 1.165) is 22.0 Å². The molecule has 1 N–H and O–H groups in total. The number of H-pyrrole nitrogens is 1. The van der Waals surface area contributed by atoms with Crippen LogP contribution in [-0.2, 0) is 4.74 Å². The van der Waals surface area contributed by atoms with Crippen LogP contribution in [0.5, 0.6) is 0 Å². The zero-order chi connectivity index (χ0) is 17.7. The largest absolute Gasteiger partial charge is 0.464 e. The van der Waals surface area contributed by atoms with Crippen LogP contribution in [0.1, 0.15) is 26.5 Å². The highest BCUT2D eigenvalue weighted by Crippen LogP contribution is 2.40. The van der Waals surface area contributed by atoms with Gasteiger partial charge in [0, 0.05) is 26.0 Å². The molecule has 0 amide bonds. The van der Waals surface area contributed by atoms with Crippen molar-refractivity contribution < 1.29 is 9.53 Å². The number of thiophene rings is 1. The molecule has 0 spiro atoms. The summed E-state index contributed by atoms with van der Waals surface area (Å²) in [5.41, 5.74) is 5.99. The van der Waals surface area contributed by atoms with Gasteiger partial charge in [-0.05, 0) is 48.9 Å². The van der Waals surface area contributed by atoms with Gasteiger partial charge in [0.15, 0.2) is 0 Å². The number of methoxy groups -OCH3 is 1. The Morgan fingerprint density at radius 2 is 1.76 bits per heavy atom. The number of ether oxygens (including phenoxy) is 1. The molecule has 0 aliphatic heterocycles. The van der Waals surface area contributed by atoms with E-state index in [1.54, 1.807) is 0 Å².